The van der Waals surface area contributed by atoms with Crippen LogP contribution in [0.3, 0.4) is 0 Å². The summed E-state index contributed by atoms with van der Waals surface area (Å²) in [6.07, 6.45) is 1.91. The van der Waals surface area contributed by atoms with Crippen LogP contribution in [0.1, 0.15) is 12.7 Å². The van der Waals surface area contributed by atoms with E-state index in [2.05, 4.69) is 9.97 Å². The number of nitrogens with zero attached hydrogens (tertiary/aromatic N) is 2. The summed E-state index contributed by atoms with van der Waals surface area (Å²) in [7, 11) is 0. The van der Waals surface area contributed by atoms with Gasteiger partial charge in [-0.2, -0.15) is 0 Å². The van der Waals surface area contributed by atoms with Crippen molar-refractivity contribution in [2.75, 3.05) is 6.54 Å². The number of imidazole rings is 1. The van der Waals surface area contributed by atoms with Gasteiger partial charge in [0.05, 0.1) is 11.0 Å². The van der Waals surface area contributed by atoms with Crippen LogP contribution < -0.4 is 0 Å². The van der Waals surface area contributed by atoms with Crippen molar-refractivity contribution in [2.24, 2.45) is 0 Å². The average Bonchev–Trinajstić information content (AvgIpc) is 2.90. The highest BCUT2D eigenvalue weighted by Gasteiger charge is 2.27. The monoisotopic (exact) mass is 255 g/mol. The molecule has 0 aliphatic carbocycles. The van der Waals surface area contributed by atoms with E-state index in [0.29, 0.717) is 18.5 Å². The smallest absolute Gasteiger partial charge is 0.256 e. The second-order valence-electron chi connectivity index (χ2n) is 4.57. The lowest BCUT2D eigenvalue weighted by Gasteiger charge is -2.12. The molecule has 0 fully saturated rings. The summed E-state index contributed by atoms with van der Waals surface area (Å²) in [6, 6.07) is 7.73. The van der Waals surface area contributed by atoms with Crippen molar-refractivity contribution < 1.29 is 9.59 Å². The summed E-state index contributed by atoms with van der Waals surface area (Å²) in [5.41, 5.74) is 2.35. The number of H-pyrrole nitrogens is 1. The van der Waals surface area contributed by atoms with Crippen molar-refractivity contribution >= 4 is 22.8 Å². The topological polar surface area (TPSA) is 66.1 Å². The number of rotatable bonds is 3. The number of amides is 2. The molecule has 1 N–H and O–H groups in total. The molecule has 5 nitrogen and oxygen atoms in total. The molecule has 19 heavy (non-hydrogen) atoms. The Morgan fingerprint density at radius 3 is 2.74 bits per heavy atom. The van der Waals surface area contributed by atoms with Gasteiger partial charge in [0, 0.05) is 24.6 Å². The van der Waals surface area contributed by atoms with Crippen LogP contribution in [0, 0.1) is 0 Å². The van der Waals surface area contributed by atoms with E-state index in [1.165, 1.54) is 11.0 Å². The van der Waals surface area contributed by atoms with Crippen LogP contribution in [-0.2, 0) is 16.0 Å². The maximum Gasteiger partial charge on any atom is 0.256 e. The Labute approximate surface area is 109 Å². The summed E-state index contributed by atoms with van der Waals surface area (Å²) < 4.78 is 0. The van der Waals surface area contributed by atoms with E-state index in [1.807, 2.05) is 24.3 Å². The van der Waals surface area contributed by atoms with Gasteiger partial charge in [0.25, 0.3) is 11.8 Å². The number of aromatic nitrogens is 2. The number of hydrogen-bond acceptors (Lipinski definition) is 3. The van der Waals surface area contributed by atoms with Gasteiger partial charge in [-0.3, -0.25) is 14.5 Å². The minimum absolute atomic E-state index is 0.207. The highest BCUT2D eigenvalue weighted by atomic mass is 16.2. The van der Waals surface area contributed by atoms with Crippen molar-refractivity contribution in [3.63, 3.8) is 0 Å². The lowest BCUT2D eigenvalue weighted by atomic mass is 10.3. The molecule has 5 heteroatoms. The van der Waals surface area contributed by atoms with E-state index >= 15 is 0 Å². The first-order chi connectivity index (χ1) is 9.15. The number of carbonyl (C=O) groups is 2. The van der Waals surface area contributed by atoms with Gasteiger partial charge in [0.1, 0.15) is 5.82 Å². The zero-order chi connectivity index (χ0) is 13.4. The van der Waals surface area contributed by atoms with Crippen molar-refractivity contribution in [2.45, 2.75) is 13.3 Å². The van der Waals surface area contributed by atoms with E-state index in [4.69, 9.17) is 0 Å². The second-order valence-corrected chi connectivity index (χ2v) is 4.57. The van der Waals surface area contributed by atoms with Crippen molar-refractivity contribution in [1.29, 1.82) is 0 Å². The van der Waals surface area contributed by atoms with Crippen LogP contribution in [-0.4, -0.2) is 33.2 Å². The molecule has 0 radical (unpaired) electrons. The molecular weight excluding hydrogens is 242 g/mol. The molecule has 3 rings (SSSR count). The molecule has 0 saturated heterocycles. The summed E-state index contributed by atoms with van der Waals surface area (Å²) in [5, 5.41) is 0. The largest absolute Gasteiger partial charge is 0.342 e. The SMILES string of the molecule is CC1=CC(=O)N(CCc2nc3ccccc3[nH]2)C1=O. The molecule has 1 aliphatic rings. The average molecular weight is 255 g/mol. The van der Waals surface area contributed by atoms with E-state index in [1.54, 1.807) is 6.92 Å². The van der Waals surface area contributed by atoms with E-state index in [9.17, 15) is 9.59 Å². The van der Waals surface area contributed by atoms with Crippen LogP contribution in [0.5, 0.6) is 0 Å². The molecule has 0 bridgehead atoms. The van der Waals surface area contributed by atoms with Gasteiger partial charge >= 0.3 is 0 Å². The lowest BCUT2D eigenvalue weighted by Crippen LogP contribution is -2.32. The molecule has 2 amide bonds. The number of benzene rings is 1. The van der Waals surface area contributed by atoms with Gasteiger partial charge in [-0.15, -0.1) is 0 Å². The Bertz CT molecular complexity index is 667. The Hall–Kier alpha value is -2.43. The van der Waals surface area contributed by atoms with Gasteiger partial charge in [-0.1, -0.05) is 12.1 Å². The lowest BCUT2D eigenvalue weighted by molar-refractivity contribution is -0.137. The third-order valence-corrected chi connectivity index (χ3v) is 3.20. The van der Waals surface area contributed by atoms with Crippen LogP contribution >= 0.6 is 0 Å². The standard InChI is InChI=1S/C14H13N3O2/c1-9-8-13(18)17(14(9)19)7-6-12-15-10-4-2-3-5-11(10)16-12/h2-5,8H,6-7H2,1H3,(H,15,16). The van der Waals surface area contributed by atoms with Gasteiger partial charge in [-0.05, 0) is 19.1 Å². The highest BCUT2D eigenvalue weighted by molar-refractivity contribution is 6.15. The molecule has 1 aliphatic heterocycles. The van der Waals surface area contributed by atoms with Crippen molar-refractivity contribution in [1.82, 2.24) is 14.9 Å². The number of imide groups is 1. The molecular formula is C14H13N3O2. The fourth-order valence-corrected chi connectivity index (χ4v) is 2.19. The van der Waals surface area contributed by atoms with Crippen molar-refractivity contribution in [3.05, 3.63) is 41.7 Å². The van der Waals surface area contributed by atoms with Gasteiger partial charge in [0.2, 0.25) is 0 Å². The first-order valence-corrected chi connectivity index (χ1v) is 6.13. The first-order valence-electron chi connectivity index (χ1n) is 6.13. The van der Waals surface area contributed by atoms with Gasteiger partial charge < -0.3 is 4.98 Å². The summed E-state index contributed by atoms with van der Waals surface area (Å²) in [6.45, 7) is 2.01. The fourth-order valence-electron chi connectivity index (χ4n) is 2.19. The molecule has 2 aromatic rings. The summed E-state index contributed by atoms with van der Waals surface area (Å²) in [4.78, 5) is 32.2. The molecule has 1 aromatic heterocycles. The Balaban J connectivity index is 1.73. The fraction of sp³-hybridized carbons (Fsp3) is 0.214. The normalized spacial score (nSPS) is 15.4. The van der Waals surface area contributed by atoms with Crippen LogP contribution in [0.25, 0.3) is 11.0 Å². The number of para-hydroxylation sites is 2. The van der Waals surface area contributed by atoms with Gasteiger partial charge in [0.15, 0.2) is 0 Å². The number of aromatic amines is 1. The number of fused-ring (bicyclic) bond motifs is 1. The first kappa shape index (κ1) is 11.6. The van der Waals surface area contributed by atoms with Crippen LogP contribution in [0.2, 0.25) is 0 Å². The molecule has 1 aromatic carbocycles. The van der Waals surface area contributed by atoms with Crippen molar-refractivity contribution in [3.8, 4) is 0 Å². The minimum atomic E-state index is -0.237. The Morgan fingerprint density at radius 1 is 1.26 bits per heavy atom. The van der Waals surface area contributed by atoms with Gasteiger partial charge in [-0.25, -0.2) is 4.98 Å². The van der Waals surface area contributed by atoms with E-state index in [0.717, 1.165) is 16.9 Å². The summed E-state index contributed by atoms with van der Waals surface area (Å²) in [5.74, 6) is 0.339. The zero-order valence-corrected chi connectivity index (χ0v) is 10.5. The molecule has 0 atom stereocenters. The molecule has 0 unspecified atom stereocenters. The second kappa shape index (κ2) is 4.35. The molecule has 96 valence electrons. The zero-order valence-electron chi connectivity index (χ0n) is 10.5. The third-order valence-electron chi connectivity index (χ3n) is 3.20. The predicted molar refractivity (Wildman–Crippen MR) is 70.3 cm³/mol. The van der Waals surface area contributed by atoms with Crippen LogP contribution in [0.15, 0.2) is 35.9 Å². The maximum absolute atomic E-state index is 11.7. The Morgan fingerprint density at radius 2 is 2.05 bits per heavy atom. The Kier molecular flexibility index (Phi) is 2.67. The molecule has 2 heterocycles. The third kappa shape index (κ3) is 2.03. The molecule has 0 spiro atoms. The van der Waals surface area contributed by atoms with E-state index < -0.39 is 0 Å². The number of nitrogens with one attached hydrogen (secondary N) is 1. The minimum Gasteiger partial charge on any atom is -0.342 e. The van der Waals surface area contributed by atoms with Crippen LogP contribution in [0.4, 0.5) is 0 Å². The highest BCUT2D eigenvalue weighted by Crippen LogP contribution is 2.14. The number of hydrogen-bond donors (Lipinski definition) is 1. The predicted octanol–water partition coefficient (Wildman–Crippen LogP) is 1.42. The van der Waals surface area contributed by atoms with E-state index in [-0.39, 0.29) is 11.8 Å². The number of carbonyl (C=O) groups excluding carboxylic acids is 2. The maximum atomic E-state index is 11.7. The quantitative estimate of drug-likeness (QED) is 0.843. The summed E-state index contributed by atoms with van der Waals surface area (Å²) >= 11 is 0. The molecule has 0 saturated carbocycles.